The van der Waals surface area contributed by atoms with Gasteiger partial charge in [0.25, 0.3) is 0 Å². The number of aromatic nitrogens is 2. The lowest BCUT2D eigenvalue weighted by Crippen LogP contribution is -2.44. The Balaban J connectivity index is 1.63. The number of nitrogens with one attached hydrogen (secondary N) is 2. The maximum Gasteiger partial charge on any atom is 0.148 e. The predicted octanol–water partition coefficient (Wildman–Crippen LogP) is 2.14. The quantitative estimate of drug-likeness (QED) is 0.861. The molecule has 3 atom stereocenters. The van der Waals surface area contributed by atoms with Crippen LogP contribution in [-0.4, -0.2) is 28.4 Å². The van der Waals surface area contributed by atoms with E-state index in [4.69, 9.17) is 0 Å². The van der Waals surface area contributed by atoms with Gasteiger partial charge in [-0.15, -0.1) is 0 Å². The number of hydrogen-bond acceptors (Lipinski definition) is 3. The molecule has 4 nitrogen and oxygen atoms in total. The molecule has 2 heterocycles. The molecule has 0 aromatic carbocycles. The fourth-order valence-corrected chi connectivity index (χ4v) is 3.58. The van der Waals surface area contributed by atoms with Gasteiger partial charge < -0.3 is 10.6 Å². The Morgan fingerprint density at radius 1 is 1.28 bits per heavy atom. The van der Waals surface area contributed by atoms with Gasteiger partial charge >= 0.3 is 0 Å². The molecule has 3 unspecified atom stereocenters. The van der Waals surface area contributed by atoms with Crippen molar-refractivity contribution in [1.29, 1.82) is 0 Å². The molecule has 1 aliphatic heterocycles. The lowest BCUT2D eigenvalue weighted by molar-refractivity contribution is 0.286. The molecule has 0 amide bonds. The van der Waals surface area contributed by atoms with E-state index in [1.807, 2.05) is 17.9 Å². The molecular weight excluding hydrogens is 224 g/mol. The van der Waals surface area contributed by atoms with Crippen molar-refractivity contribution in [2.24, 2.45) is 13.0 Å². The summed E-state index contributed by atoms with van der Waals surface area (Å²) in [5, 5.41) is 11.8. The van der Waals surface area contributed by atoms with E-state index in [1.165, 1.54) is 45.1 Å². The van der Waals surface area contributed by atoms with Crippen LogP contribution in [0.2, 0.25) is 0 Å². The van der Waals surface area contributed by atoms with Crippen molar-refractivity contribution in [3.63, 3.8) is 0 Å². The van der Waals surface area contributed by atoms with Gasteiger partial charge in [0, 0.05) is 31.4 Å². The SMILES string of the molecule is Cn1ccc(NC2CCCC2C2CCCCN2)n1. The lowest BCUT2D eigenvalue weighted by Gasteiger charge is -2.33. The summed E-state index contributed by atoms with van der Waals surface area (Å²) < 4.78 is 1.87. The molecule has 18 heavy (non-hydrogen) atoms. The van der Waals surface area contributed by atoms with Crippen molar-refractivity contribution in [1.82, 2.24) is 15.1 Å². The van der Waals surface area contributed by atoms with E-state index in [-0.39, 0.29) is 0 Å². The van der Waals surface area contributed by atoms with Crippen LogP contribution in [0.1, 0.15) is 38.5 Å². The van der Waals surface area contributed by atoms with Crippen LogP contribution in [0.5, 0.6) is 0 Å². The second kappa shape index (κ2) is 5.31. The number of rotatable bonds is 3. The van der Waals surface area contributed by atoms with Crippen LogP contribution in [0.3, 0.4) is 0 Å². The highest BCUT2D eigenvalue weighted by Crippen LogP contribution is 2.33. The largest absolute Gasteiger partial charge is 0.366 e. The van der Waals surface area contributed by atoms with E-state index in [0.717, 1.165) is 17.8 Å². The van der Waals surface area contributed by atoms with Gasteiger partial charge in [-0.05, 0) is 38.1 Å². The third-order valence-electron chi connectivity index (χ3n) is 4.48. The topological polar surface area (TPSA) is 41.9 Å². The van der Waals surface area contributed by atoms with Crippen molar-refractivity contribution in [3.8, 4) is 0 Å². The molecule has 1 saturated heterocycles. The van der Waals surface area contributed by atoms with Gasteiger partial charge in [-0.1, -0.05) is 12.8 Å². The molecule has 100 valence electrons. The normalized spacial score (nSPS) is 32.6. The molecule has 1 aromatic heterocycles. The van der Waals surface area contributed by atoms with Crippen molar-refractivity contribution in [2.45, 2.75) is 50.6 Å². The molecule has 2 fully saturated rings. The molecule has 4 heteroatoms. The Hall–Kier alpha value is -1.03. The Kier molecular flexibility index (Phi) is 3.55. The van der Waals surface area contributed by atoms with Crippen molar-refractivity contribution in [2.75, 3.05) is 11.9 Å². The zero-order valence-corrected chi connectivity index (χ0v) is 11.2. The standard InChI is InChI=1S/C14H24N4/c1-18-10-8-14(17-18)16-13-7-4-5-11(13)12-6-2-3-9-15-12/h8,10-13,15H,2-7,9H2,1H3,(H,16,17). The fourth-order valence-electron chi connectivity index (χ4n) is 3.58. The first kappa shape index (κ1) is 12.0. The van der Waals surface area contributed by atoms with E-state index < -0.39 is 0 Å². The minimum absolute atomic E-state index is 0.607. The van der Waals surface area contributed by atoms with Gasteiger partial charge in [0.1, 0.15) is 5.82 Å². The van der Waals surface area contributed by atoms with E-state index >= 15 is 0 Å². The van der Waals surface area contributed by atoms with Crippen molar-refractivity contribution < 1.29 is 0 Å². The third-order valence-corrected chi connectivity index (χ3v) is 4.48. The van der Waals surface area contributed by atoms with Gasteiger partial charge in [0.05, 0.1) is 0 Å². The first-order valence-electron chi connectivity index (χ1n) is 7.32. The van der Waals surface area contributed by atoms with Crippen LogP contribution < -0.4 is 10.6 Å². The molecule has 1 saturated carbocycles. The van der Waals surface area contributed by atoms with Crippen LogP contribution in [0.4, 0.5) is 5.82 Å². The second-order valence-electron chi connectivity index (χ2n) is 5.78. The van der Waals surface area contributed by atoms with Crippen LogP contribution in [0.25, 0.3) is 0 Å². The van der Waals surface area contributed by atoms with Gasteiger partial charge in [0.2, 0.25) is 0 Å². The molecule has 1 aliphatic carbocycles. The molecular formula is C14H24N4. The molecule has 0 radical (unpaired) electrons. The maximum absolute atomic E-state index is 4.44. The van der Waals surface area contributed by atoms with Crippen molar-refractivity contribution in [3.05, 3.63) is 12.3 Å². The minimum atomic E-state index is 0.607. The summed E-state index contributed by atoms with van der Waals surface area (Å²) in [4.78, 5) is 0. The summed E-state index contributed by atoms with van der Waals surface area (Å²) in [6.07, 6.45) is 10.1. The number of piperidine rings is 1. The van der Waals surface area contributed by atoms with Crippen LogP contribution in [-0.2, 0) is 7.05 Å². The number of nitrogens with zero attached hydrogens (tertiary/aromatic N) is 2. The monoisotopic (exact) mass is 248 g/mol. The summed E-state index contributed by atoms with van der Waals surface area (Å²) in [6, 6.07) is 3.40. The molecule has 1 aromatic rings. The number of hydrogen-bond donors (Lipinski definition) is 2. The first-order valence-corrected chi connectivity index (χ1v) is 7.32. The summed E-state index contributed by atoms with van der Waals surface area (Å²) in [7, 11) is 1.97. The summed E-state index contributed by atoms with van der Waals surface area (Å²) >= 11 is 0. The third kappa shape index (κ3) is 2.53. The summed E-state index contributed by atoms with van der Waals surface area (Å²) in [5.74, 6) is 1.82. The van der Waals surface area contributed by atoms with Gasteiger partial charge in [-0.3, -0.25) is 4.68 Å². The lowest BCUT2D eigenvalue weighted by atomic mass is 9.88. The van der Waals surface area contributed by atoms with Gasteiger partial charge in [0.15, 0.2) is 0 Å². The molecule has 2 N–H and O–H groups in total. The highest BCUT2D eigenvalue weighted by Gasteiger charge is 2.34. The Labute approximate surface area is 109 Å². The maximum atomic E-state index is 4.44. The molecule has 0 spiro atoms. The Morgan fingerprint density at radius 3 is 2.94 bits per heavy atom. The number of aryl methyl sites for hydroxylation is 1. The van der Waals surface area contributed by atoms with Crippen LogP contribution in [0, 0.1) is 5.92 Å². The summed E-state index contributed by atoms with van der Waals surface area (Å²) in [6.45, 7) is 1.21. The van der Waals surface area contributed by atoms with Crippen molar-refractivity contribution >= 4 is 5.82 Å². The zero-order valence-electron chi connectivity index (χ0n) is 11.2. The smallest absolute Gasteiger partial charge is 0.148 e. The highest BCUT2D eigenvalue weighted by molar-refractivity contribution is 5.34. The average Bonchev–Trinajstić information content (AvgIpc) is 3.00. The number of anilines is 1. The Morgan fingerprint density at radius 2 is 2.22 bits per heavy atom. The van der Waals surface area contributed by atoms with E-state index in [1.54, 1.807) is 0 Å². The minimum Gasteiger partial charge on any atom is -0.366 e. The van der Waals surface area contributed by atoms with E-state index in [9.17, 15) is 0 Å². The van der Waals surface area contributed by atoms with E-state index in [0.29, 0.717) is 6.04 Å². The molecule has 0 bridgehead atoms. The fraction of sp³-hybridized carbons (Fsp3) is 0.786. The highest BCUT2D eigenvalue weighted by atomic mass is 15.3. The van der Waals surface area contributed by atoms with Crippen LogP contribution in [0.15, 0.2) is 12.3 Å². The molecule has 3 rings (SSSR count). The Bertz CT molecular complexity index is 381. The van der Waals surface area contributed by atoms with E-state index in [2.05, 4.69) is 21.8 Å². The van der Waals surface area contributed by atoms with Crippen LogP contribution >= 0.6 is 0 Å². The van der Waals surface area contributed by atoms with Gasteiger partial charge in [-0.2, -0.15) is 5.10 Å². The predicted molar refractivity (Wildman–Crippen MR) is 73.6 cm³/mol. The zero-order chi connectivity index (χ0) is 12.4. The summed E-state index contributed by atoms with van der Waals surface area (Å²) in [5.41, 5.74) is 0. The second-order valence-corrected chi connectivity index (χ2v) is 5.78. The average molecular weight is 248 g/mol. The first-order chi connectivity index (χ1) is 8.83. The van der Waals surface area contributed by atoms with Gasteiger partial charge in [-0.25, -0.2) is 0 Å². The molecule has 2 aliphatic rings.